The summed E-state index contributed by atoms with van der Waals surface area (Å²) in [5.41, 5.74) is 2.05. The highest BCUT2D eigenvalue weighted by molar-refractivity contribution is 7.92. The van der Waals surface area contributed by atoms with Crippen LogP contribution in [0, 0.1) is 6.92 Å². The predicted molar refractivity (Wildman–Crippen MR) is 107 cm³/mol. The van der Waals surface area contributed by atoms with Gasteiger partial charge in [-0.15, -0.1) is 0 Å². The van der Waals surface area contributed by atoms with Crippen molar-refractivity contribution < 1.29 is 22.5 Å². The number of hydrogen-bond donors (Lipinski definition) is 0. The Bertz CT molecular complexity index is 1150. The van der Waals surface area contributed by atoms with Gasteiger partial charge in [0.05, 0.1) is 29.2 Å². The number of carbonyl (C=O) groups is 1. The summed E-state index contributed by atoms with van der Waals surface area (Å²) >= 11 is 0. The molecule has 2 aromatic carbocycles. The van der Waals surface area contributed by atoms with E-state index in [9.17, 15) is 13.2 Å². The summed E-state index contributed by atoms with van der Waals surface area (Å²) in [4.78, 5) is 14.5. The van der Waals surface area contributed by atoms with Crippen LogP contribution in [0.15, 0.2) is 51.9 Å². The van der Waals surface area contributed by atoms with Gasteiger partial charge in [-0.2, -0.15) is 0 Å². The molecule has 0 saturated carbocycles. The highest BCUT2D eigenvalue weighted by Gasteiger charge is 2.27. The molecule has 0 spiro atoms. The molecular weight excluding hydrogens is 394 g/mol. The second-order valence-electron chi connectivity index (χ2n) is 6.90. The first-order valence-corrected chi connectivity index (χ1v) is 10.6. The van der Waals surface area contributed by atoms with Crippen LogP contribution in [0.25, 0.3) is 11.0 Å². The van der Waals surface area contributed by atoms with E-state index < -0.39 is 10.0 Å². The summed E-state index contributed by atoms with van der Waals surface area (Å²) in [5.74, 6) is -0.298. The molecular formula is C20H21N3O5S. The molecule has 1 fully saturated rings. The van der Waals surface area contributed by atoms with Crippen LogP contribution in [0.1, 0.15) is 16.1 Å². The third-order valence-electron chi connectivity index (χ3n) is 5.00. The highest BCUT2D eigenvalue weighted by atomic mass is 32.2. The monoisotopic (exact) mass is 415 g/mol. The summed E-state index contributed by atoms with van der Waals surface area (Å²) in [7, 11) is -2.32. The summed E-state index contributed by atoms with van der Waals surface area (Å²) in [6.07, 6.45) is 0. The van der Waals surface area contributed by atoms with Crippen LogP contribution < -0.4 is 4.31 Å². The van der Waals surface area contributed by atoms with E-state index >= 15 is 0 Å². The Labute approximate surface area is 168 Å². The number of benzene rings is 2. The van der Waals surface area contributed by atoms with E-state index in [1.165, 1.54) is 29.6 Å². The van der Waals surface area contributed by atoms with Gasteiger partial charge in [0.15, 0.2) is 11.3 Å². The van der Waals surface area contributed by atoms with Gasteiger partial charge in [-0.3, -0.25) is 9.10 Å². The molecule has 152 valence electrons. The van der Waals surface area contributed by atoms with E-state index in [0.717, 1.165) is 5.56 Å². The fraction of sp³-hybridized carbons (Fsp3) is 0.300. The molecule has 8 nitrogen and oxygen atoms in total. The molecule has 0 unspecified atom stereocenters. The summed E-state index contributed by atoms with van der Waals surface area (Å²) in [6, 6.07) is 11.6. The van der Waals surface area contributed by atoms with Crippen LogP contribution >= 0.6 is 0 Å². The van der Waals surface area contributed by atoms with Crippen LogP contribution in [0.3, 0.4) is 0 Å². The quantitative estimate of drug-likeness (QED) is 0.650. The second kappa shape index (κ2) is 7.49. The van der Waals surface area contributed by atoms with E-state index in [1.54, 1.807) is 17.0 Å². The molecule has 29 heavy (non-hydrogen) atoms. The lowest BCUT2D eigenvalue weighted by Crippen LogP contribution is -2.40. The van der Waals surface area contributed by atoms with Gasteiger partial charge in [-0.05, 0) is 37.3 Å². The number of sulfonamides is 1. The second-order valence-corrected chi connectivity index (χ2v) is 8.87. The molecule has 1 aromatic heterocycles. The first kappa shape index (κ1) is 19.4. The van der Waals surface area contributed by atoms with Crippen LogP contribution in [-0.2, 0) is 14.8 Å². The smallest absolute Gasteiger partial charge is 0.276 e. The summed E-state index contributed by atoms with van der Waals surface area (Å²) < 4.78 is 38.0. The fourth-order valence-corrected chi connectivity index (χ4v) is 4.42. The Morgan fingerprint density at radius 2 is 1.79 bits per heavy atom. The number of aryl methyl sites for hydroxylation is 1. The Balaban J connectivity index is 1.71. The molecule has 1 aliphatic rings. The third-order valence-corrected chi connectivity index (χ3v) is 6.78. The molecule has 1 aliphatic heterocycles. The molecule has 0 aliphatic carbocycles. The van der Waals surface area contributed by atoms with Gasteiger partial charge in [0.2, 0.25) is 0 Å². The molecule has 1 amide bonds. The van der Waals surface area contributed by atoms with Crippen LogP contribution in [-0.4, -0.2) is 57.7 Å². The number of nitrogens with zero attached hydrogens (tertiary/aromatic N) is 3. The molecule has 4 rings (SSSR count). The van der Waals surface area contributed by atoms with Crippen molar-refractivity contribution in [1.29, 1.82) is 0 Å². The number of anilines is 1. The largest absolute Gasteiger partial charge is 0.378 e. The third kappa shape index (κ3) is 3.58. The van der Waals surface area contributed by atoms with Crippen molar-refractivity contribution in [3.8, 4) is 0 Å². The molecule has 0 bridgehead atoms. The lowest BCUT2D eigenvalue weighted by atomic mass is 10.2. The molecule has 3 aromatic rings. The Kier molecular flexibility index (Phi) is 5.01. The predicted octanol–water partition coefficient (Wildman–Crippen LogP) is 2.43. The number of rotatable bonds is 4. The average molecular weight is 415 g/mol. The highest BCUT2D eigenvalue weighted by Crippen LogP contribution is 2.27. The SMILES string of the molecule is Cc1ccc(N(C)S(=O)(=O)c2ccc3onc(C(=O)N4CCOCC4)c3c2)cc1. The van der Waals surface area contributed by atoms with Gasteiger partial charge in [-0.25, -0.2) is 8.42 Å². The molecule has 0 N–H and O–H groups in total. The van der Waals surface area contributed by atoms with Crippen molar-refractivity contribution >= 4 is 32.6 Å². The topological polar surface area (TPSA) is 93.0 Å². The number of ether oxygens (including phenoxy) is 1. The van der Waals surface area contributed by atoms with Crippen LogP contribution in [0.2, 0.25) is 0 Å². The first-order valence-electron chi connectivity index (χ1n) is 9.20. The van der Waals surface area contributed by atoms with Crippen molar-refractivity contribution in [2.45, 2.75) is 11.8 Å². The number of fused-ring (bicyclic) bond motifs is 1. The zero-order valence-corrected chi connectivity index (χ0v) is 17.0. The Morgan fingerprint density at radius 1 is 1.10 bits per heavy atom. The van der Waals surface area contributed by atoms with Gasteiger partial charge in [-0.1, -0.05) is 22.9 Å². The van der Waals surface area contributed by atoms with Crippen LogP contribution in [0.4, 0.5) is 5.69 Å². The first-order chi connectivity index (χ1) is 13.9. The lowest BCUT2D eigenvalue weighted by molar-refractivity contribution is 0.0297. The number of amides is 1. The lowest BCUT2D eigenvalue weighted by Gasteiger charge is -2.25. The average Bonchev–Trinajstić information content (AvgIpc) is 3.17. The minimum Gasteiger partial charge on any atom is -0.378 e. The zero-order chi connectivity index (χ0) is 20.6. The van der Waals surface area contributed by atoms with Crippen molar-refractivity contribution in [2.75, 3.05) is 37.7 Å². The number of carbonyl (C=O) groups excluding carboxylic acids is 1. The maximum Gasteiger partial charge on any atom is 0.276 e. The molecule has 9 heteroatoms. The van der Waals surface area contributed by atoms with E-state index in [4.69, 9.17) is 9.26 Å². The van der Waals surface area contributed by atoms with Gasteiger partial charge in [0.1, 0.15) is 0 Å². The van der Waals surface area contributed by atoms with Gasteiger partial charge in [0, 0.05) is 20.1 Å². The van der Waals surface area contributed by atoms with Crippen molar-refractivity contribution in [3.63, 3.8) is 0 Å². The van der Waals surface area contributed by atoms with E-state index in [2.05, 4.69) is 5.16 Å². The number of hydrogen-bond acceptors (Lipinski definition) is 6. The fourth-order valence-electron chi connectivity index (χ4n) is 3.20. The molecule has 0 radical (unpaired) electrons. The maximum absolute atomic E-state index is 13.1. The van der Waals surface area contributed by atoms with Crippen molar-refractivity contribution in [1.82, 2.24) is 10.1 Å². The van der Waals surface area contributed by atoms with Gasteiger partial charge >= 0.3 is 0 Å². The molecule has 2 heterocycles. The Hall–Kier alpha value is -2.91. The van der Waals surface area contributed by atoms with E-state index in [1.807, 2.05) is 19.1 Å². The Morgan fingerprint density at radius 3 is 2.48 bits per heavy atom. The van der Waals surface area contributed by atoms with Crippen molar-refractivity contribution in [2.24, 2.45) is 0 Å². The summed E-state index contributed by atoms with van der Waals surface area (Å²) in [5, 5.41) is 4.27. The van der Waals surface area contributed by atoms with Crippen molar-refractivity contribution in [3.05, 3.63) is 53.7 Å². The standard InChI is InChI=1S/C20H21N3O5S/c1-14-3-5-15(6-4-14)22(2)29(25,26)16-7-8-18-17(13-16)19(21-28-18)20(24)23-9-11-27-12-10-23/h3-8,13H,9-12H2,1-2H3. The van der Waals surface area contributed by atoms with Crippen LogP contribution in [0.5, 0.6) is 0 Å². The molecule has 0 atom stereocenters. The number of morpholine rings is 1. The van der Waals surface area contributed by atoms with E-state index in [-0.39, 0.29) is 16.5 Å². The summed E-state index contributed by atoms with van der Waals surface area (Å²) in [6.45, 7) is 3.78. The zero-order valence-electron chi connectivity index (χ0n) is 16.2. The molecule has 1 saturated heterocycles. The normalized spacial score (nSPS) is 14.9. The van der Waals surface area contributed by atoms with Gasteiger partial charge in [0.25, 0.3) is 15.9 Å². The van der Waals surface area contributed by atoms with Gasteiger partial charge < -0.3 is 14.2 Å². The van der Waals surface area contributed by atoms with E-state index in [0.29, 0.717) is 43.0 Å². The maximum atomic E-state index is 13.1. The minimum atomic E-state index is -3.82. The minimum absolute atomic E-state index is 0.0623. The number of aromatic nitrogens is 1.